The summed E-state index contributed by atoms with van der Waals surface area (Å²) in [6.07, 6.45) is 5.94. The van der Waals surface area contributed by atoms with Crippen molar-refractivity contribution in [3.05, 3.63) is 77.0 Å². The van der Waals surface area contributed by atoms with E-state index in [0.29, 0.717) is 67.5 Å². The van der Waals surface area contributed by atoms with Crippen LogP contribution in [-0.4, -0.2) is 47.7 Å². The zero-order chi connectivity index (χ0) is 25.9. The fourth-order valence-electron chi connectivity index (χ4n) is 4.80. The molecule has 1 saturated heterocycles. The van der Waals surface area contributed by atoms with Crippen molar-refractivity contribution in [1.29, 1.82) is 0 Å². The van der Waals surface area contributed by atoms with Crippen LogP contribution in [-0.2, 0) is 11.2 Å². The van der Waals surface area contributed by atoms with Crippen molar-refractivity contribution < 1.29 is 32.2 Å². The molecule has 1 aliphatic rings. The van der Waals surface area contributed by atoms with E-state index in [2.05, 4.69) is 4.98 Å². The van der Waals surface area contributed by atoms with Crippen LogP contribution in [0.15, 0.2) is 42.6 Å². The molecule has 1 aromatic heterocycles. The Morgan fingerprint density at radius 2 is 1.92 bits per heavy atom. The highest BCUT2D eigenvalue weighted by Gasteiger charge is 2.43. The summed E-state index contributed by atoms with van der Waals surface area (Å²) in [4.78, 5) is 18.3. The Morgan fingerprint density at radius 3 is 2.61 bits per heavy atom. The number of rotatable bonds is 9. The number of aromatic nitrogens is 1. The van der Waals surface area contributed by atoms with Crippen LogP contribution < -0.4 is 4.74 Å². The van der Waals surface area contributed by atoms with Gasteiger partial charge in [0.15, 0.2) is 17.5 Å². The number of halogens is 4. The van der Waals surface area contributed by atoms with Crippen molar-refractivity contribution in [3.8, 4) is 5.75 Å². The van der Waals surface area contributed by atoms with Crippen LogP contribution in [0.5, 0.6) is 5.75 Å². The average Bonchev–Trinajstić information content (AvgIpc) is 3.28. The van der Waals surface area contributed by atoms with E-state index in [-0.39, 0.29) is 5.56 Å². The summed E-state index contributed by atoms with van der Waals surface area (Å²) < 4.78 is 59.8. The highest BCUT2D eigenvalue weighted by atomic mass is 19.2. The maximum absolute atomic E-state index is 14.6. The summed E-state index contributed by atoms with van der Waals surface area (Å²) in [6, 6.07) is 7.04. The predicted octanol–water partition coefficient (Wildman–Crippen LogP) is 5.61. The molecule has 190 valence electrons. The smallest absolute Gasteiger partial charge is 0.310 e. The van der Waals surface area contributed by atoms with Gasteiger partial charge in [0.1, 0.15) is 11.6 Å². The first kappa shape index (κ1) is 25.6. The van der Waals surface area contributed by atoms with Gasteiger partial charge in [0.25, 0.3) is 0 Å². The van der Waals surface area contributed by atoms with Crippen molar-refractivity contribution in [1.82, 2.24) is 9.88 Å². The van der Waals surface area contributed by atoms with Gasteiger partial charge in [0, 0.05) is 18.5 Å². The number of nitrogens with zero attached hydrogens (tertiary/aromatic N) is 2. The fraction of sp³-hybridized carbons (Fsp3) is 0.333. The number of aryl methyl sites for hydroxylation is 1. The number of hydrogen-bond acceptors (Lipinski definition) is 4. The molecule has 1 atom stereocenters. The molecule has 4 rings (SSSR count). The van der Waals surface area contributed by atoms with E-state index >= 15 is 0 Å². The number of aliphatic carboxylic acids is 1. The lowest BCUT2D eigenvalue weighted by molar-refractivity contribution is -0.148. The molecule has 0 saturated carbocycles. The highest BCUT2D eigenvalue weighted by Crippen LogP contribution is 2.37. The first-order valence-corrected chi connectivity index (χ1v) is 11.6. The number of likely N-dealkylation sites (tertiary alicyclic amines) is 1. The first-order valence-electron chi connectivity index (χ1n) is 11.6. The highest BCUT2D eigenvalue weighted by molar-refractivity contribution is 5.83. The number of hydrogen-bond donors (Lipinski definition) is 1. The second-order valence-electron chi connectivity index (χ2n) is 9.09. The molecule has 1 aliphatic heterocycles. The van der Waals surface area contributed by atoms with Crippen molar-refractivity contribution in [2.24, 2.45) is 5.41 Å². The lowest BCUT2D eigenvalue weighted by atomic mass is 9.81. The standard InChI is InChI=1S/C27H26F4N2O3/c1-36-18-6-7-24-20(14-18)19(23(30)15-32-24)5-2-8-27(26(34)35)9-11-33(16-27)10-3-4-17-12-21(28)25(31)22(29)13-17/h3-4,6-7,12-15H,2,5,8-11,16H2,1H3,(H,34,35)/b4-3+. The lowest BCUT2D eigenvalue weighted by Gasteiger charge is -2.24. The molecule has 1 unspecified atom stereocenters. The molecule has 9 heteroatoms. The Balaban J connectivity index is 1.40. The van der Waals surface area contributed by atoms with Crippen LogP contribution >= 0.6 is 0 Å². The maximum atomic E-state index is 14.6. The molecule has 1 N–H and O–H groups in total. The van der Waals surface area contributed by atoms with Crippen LogP contribution in [0.25, 0.3) is 17.0 Å². The van der Waals surface area contributed by atoms with E-state index in [0.717, 1.165) is 12.1 Å². The third kappa shape index (κ3) is 5.36. The van der Waals surface area contributed by atoms with Gasteiger partial charge < -0.3 is 9.84 Å². The molecule has 3 aromatic rings. The molecule has 0 radical (unpaired) electrons. The quantitative estimate of drug-likeness (QED) is 0.304. The van der Waals surface area contributed by atoms with Crippen molar-refractivity contribution in [3.63, 3.8) is 0 Å². The summed E-state index contributed by atoms with van der Waals surface area (Å²) in [5, 5.41) is 10.6. The summed E-state index contributed by atoms with van der Waals surface area (Å²) in [5.74, 6) is -4.80. The van der Waals surface area contributed by atoms with Gasteiger partial charge >= 0.3 is 5.97 Å². The number of ether oxygens (including phenoxy) is 1. The molecule has 36 heavy (non-hydrogen) atoms. The van der Waals surface area contributed by atoms with E-state index in [9.17, 15) is 27.5 Å². The Morgan fingerprint density at radius 1 is 1.17 bits per heavy atom. The van der Waals surface area contributed by atoms with E-state index < -0.39 is 34.7 Å². The van der Waals surface area contributed by atoms with E-state index in [1.807, 2.05) is 4.90 Å². The van der Waals surface area contributed by atoms with Crippen LogP contribution in [0.1, 0.15) is 30.4 Å². The Kier molecular flexibility index (Phi) is 7.59. The van der Waals surface area contributed by atoms with Crippen molar-refractivity contribution in [2.75, 3.05) is 26.7 Å². The summed E-state index contributed by atoms with van der Waals surface area (Å²) >= 11 is 0. The SMILES string of the molecule is COc1ccc2ncc(F)c(CCCC3(C(=O)O)CCN(C/C=C/c4cc(F)c(F)c(F)c4)C3)c2c1. The molecule has 0 amide bonds. The van der Waals surface area contributed by atoms with E-state index in [1.165, 1.54) is 19.4 Å². The number of methoxy groups -OCH3 is 1. The molecule has 0 spiro atoms. The van der Waals surface area contributed by atoms with Crippen LogP contribution in [0.2, 0.25) is 0 Å². The van der Waals surface area contributed by atoms with Gasteiger partial charge in [-0.25, -0.2) is 17.6 Å². The number of carboxylic acids is 1. The molecule has 2 aromatic carbocycles. The number of fused-ring (bicyclic) bond motifs is 1. The normalized spacial score (nSPS) is 18.4. The molecule has 0 aliphatic carbocycles. The minimum Gasteiger partial charge on any atom is -0.497 e. The molecule has 5 nitrogen and oxygen atoms in total. The summed E-state index contributed by atoms with van der Waals surface area (Å²) in [7, 11) is 1.53. The lowest BCUT2D eigenvalue weighted by Crippen LogP contribution is -2.35. The van der Waals surface area contributed by atoms with Crippen LogP contribution in [0.3, 0.4) is 0 Å². The fourth-order valence-corrected chi connectivity index (χ4v) is 4.80. The zero-order valence-electron chi connectivity index (χ0n) is 19.7. The molecule has 1 fully saturated rings. The Bertz CT molecular complexity index is 1290. The third-order valence-electron chi connectivity index (χ3n) is 6.78. The van der Waals surface area contributed by atoms with Crippen LogP contribution in [0.4, 0.5) is 17.6 Å². The third-order valence-corrected chi connectivity index (χ3v) is 6.78. The maximum Gasteiger partial charge on any atom is 0.310 e. The second kappa shape index (κ2) is 10.7. The van der Waals surface area contributed by atoms with Crippen LogP contribution in [0, 0.1) is 28.7 Å². The Hall–Kier alpha value is -3.46. The van der Waals surface area contributed by atoms with Gasteiger partial charge in [-0.15, -0.1) is 0 Å². The number of carboxylic acid groups (broad SMARTS) is 1. The average molecular weight is 503 g/mol. The minimum absolute atomic E-state index is 0.179. The second-order valence-corrected chi connectivity index (χ2v) is 9.09. The number of carbonyl (C=O) groups is 1. The topological polar surface area (TPSA) is 62.7 Å². The zero-order valence-corrected chi connectivity index (χ0v) is 19.7. The molecular weight excluding hydrogens is 476 g/mol. The van der Waals surface area contributed by atoms with Gasteiger partial charge in [0.2, 0.25) is 0 Å². The van der Waals surface area contributed by atoms with Crippen molar-refractivity contribution in [2.45, 2.75) is 25.7 Å². The van der Waals surface area contributed by atoms with E-state index in [1.54, 1.807) is 24.3 Å². The van der Waals surface area contributed by atoms with Gasteiger partial charge in [-0.3, -0.25) is 14.7 Å². The monoisotopic (exact) mass is 502 g/mol. The van der Waals surface area contributed by atoms with E-state index in [4.69, 9.17) is 4.74 Å². The molecule has 0 bridgehead atoms. The predicted molar refractivity (Wildman–Crippen MR) is 128 cm³/mol. The molecule has 2 heterocycles. The minimum atomic E-state index is -1.52. The van der Waals surface area contributed by atoms with Gasteiger partial charge in [-0.05, 0) is 73.7 Å². The number of benzene rings is 2. The van der Waals surface area contributed by atoms with Gasteiger partial charge in [-0.2, -0.15) is 0 Å². The van der Waals surface area contributed by atoms with Crippen molar-refractivity contribution >= 4 is 22.9 Å². The number of pyridine rings is 1. The summed E-state index contributed by atoms with van der Waals surface area (Å²) in [6.45, 7) is 1.21. The molecular formula is C27H26F4N2O3. The summed E-state index contributed by atoms with van der Waals surface area (Å²) in [5.41, 5.74) is 0.327. The Labute approximate surface area is 206 Å². The van der Waals surface area contributed by atoms with Gasteiger partial charge in [0.05, 0.1) is 24.2 Å². The first-order chi connectivity index (χ1) is 17.2. The van der Waals surface area contributed by atoms with Gasteiger partial charge in [-0.1, -0.05) is 12.2 Å². The largest absolute Gasteiger partial charge is 0.497 e.